The molecule has 74 valence electrons. The van der Waals surface area contributed by atoms with E-state index in [1.54, 1.807) is 0 Å². The lowest BCUT2D eigenvalue weighted by Crippen LogP contribution is -2.13. The molecule has 0 bridgehead atoms. The molecule has 1 heteroatoms. The van der Waals surface area contributed by atoms with Crippen LogP contribution in [0.25, 0.3) is 0 Å². The van der Waals surface area contributed by atoms with Crippen molar-refractivity contribution >= 4 is 0 Å². The summed E-state index contributed by atoms with van der Waals surface area (Å²) >= 11 is 0. The summed E-state index contributed by atoms with van der Waals surface area (Å²) in [6.07, 6.45) is 3.33. The summed E-state index contributed by atoms with van der Waals surface area (Å²) in [6.45, 7) is 4.01. The van der Waals surface area contributed by atoms with Gasteiger partial charge in [0.25, 0.3) is 0 Å². The van der Waals surface area contributed by atoms with Crippen LogP contribution in [0.2, 0.25) is 0 Å². The molecule has 1 aliphatic carbocycles. The van der Waals surface area contributed by atoms with Crippen molar-refractivity contribution in [1.82, 2.24) is 0 Å². The Morgan fingerprint density at radius 2 is 1.93 bits per heavy atom. The van der Waals surface area contributed by atoms with Gasteiger partial charge in [0.15, 0.2) is 0 Å². The van der Waals surface area contributed by atoms with Gasteiger partial charge in [-0.15, -0.1) is 0 Å². The predicted octanol–water partition coefficient (Wildman–Crippen LogP) is 2.48. The molecule has 0 radical (unpaired) electrons. The fourth-order valence-corrected chi connectivity index (χ4v) is 2.07. The molecule has 0 amide bonds. The Kier molecular flexibility index (Phi) is 2.69. The molecule has 0 aliphatic heterocycles. The fourth-order valence-electron chi connectivity index (χ4n) is 2.07. The lowest BCUT2D eigenvalue weighted by atomic mass is 9.90. The molecule has 2 rings (SSSR count). The van der Waals surface area contributed by atoms with Crippen molar-refractivity contribution in [3.63, 3.8) is 0 Å². The van der Waals surface area contributed by atoms with Crippen LogP contribution >= 0.6 is 0 Å². The molecule has 1 N–H and O–H groups in total. The van der Waals surface area contributed by atoms with Crippen molar-refractivity contribution in [2.75, 3.05) is 0 Å². The van der Waals surface area contributed by atoms with Crippen LogP contribution in [0.3, 0.4) is 0 Å². The quantitative estimate of drug-likeness (QED) is 0.620. The summed E-state index contributed by atoms with van der Waals surface area (Å²) in [7, 11) is 0. The molecule has 1 aromatic rings. The highest BCUT2D eigenvalue weighted by Gasteiger charge is 2.13. The summed E-state index contributed by atoms with van der Waals surface area (Å²) in [6, 6.07) is 8.46. The first-order valence-corrected chi connectivity index (χ1v) is 5.17. The monoisotopic (exact) mass is 188 g/mol. The molecule has 1 nitrogen and oxygen atoms in total. The maximum Gasteiger partial charge on any atom is 0.0580 e. The smallest absolute Gasteiger partial charge is 0.0580 e. The third-order valence-electron chi connectivity index (χ3n) is 2.83. The lowest BCUT2D eigenvalue weighted by molar-refractivity contribution is 0.163. The molecule has 1 aliphatic rings. The van der Waals surface area contributed by atoms with Crippen molar-refractivity contribution in [3.8, 4) is 0 Å². The number of aliphatic hydroxyl groups is 1. The fraction of sp³-hybridized carbons (Fsp3) is 0.385. The standard InChI is InChI=1S/C13H16O/c1-10-8-12-5-3-2-4-11(12)6-7-13(14)9-10/h2-5,13-14H,1,6-9H2. The van der Waals surface area contributed by atoms with Gasteiger partial charge >= 0.3 is 0 Å². The first kappa shape index (κ1) is 9.47. The lowest BCUT2D eigenvalue weighted by Gasteiger charge is -2.19. The van der Waals surface area contributed by atoms with Gasteiger partial charge < -0.3 is 5.11 Å². The molecule has 0 heterocycles. The topological polar surface area (TPSA) is 20.2 Å². The Balaban J connectivity index is 2.28. The number of benzene rings is 1. The van der Waals surface area contributed by atoms with Crippen LogP contribution in [-0.2, 0) is 12.8 Å². The molecule has 0 aromatic heterocycles. The third-order valence-corrected chi connectivity index (χ3v) is 2.83. The van der Waals surface area contributed by atoms with Gasteiger partial charge in [0.2, 0.25) is 0 Å². The van der Waals surface area contributed by atoms with E-state index in [-0.39, 0.29) is 6.10 Å². The van der Waals surface area contributed by atoms with E-state index in [1.807, 2.05) is 0 Å². The highest BCUT2D eigenvalue weighted by molar-refractivity contribution is 5.31. The minimum absolute atomic E-state index is 0.198. The van der Waals surface area contributed by atoms with Crippen LogP contribution in [0.5, 0.6) is 0 Å². The van der Waals surface area contributed by atoms with Crippen molar-refractivity contribution in [3.05, 3.63) is 47.5 Å². The largest absolute Gasteiger partial charge is 0.393 e. The summed E-state index contributed by atoms with van der Waals surface area (Å²) in [4.78, 5) is 0. The van der Waals surface area contributed by atoms with Gasteiger partial charge in [0.1, 0.15) is 0 Å². The van der Waals surface area contributed by atoms with Gasteiger partial charge in [0, 0.05) is 0 Å². The van der Waals surface area contributed by atoms with Gasteiger partial charge in [-0.05, 0) is 36.8 Å². The van der Waals surface area contributed by atoms with Crippen LogP contribution in [0, 0.1) is 0 Å². The number of hydrogen-bond acceptors (Lipinski definition) is 1. The highest BCUT2D eigenvalue weighted by Crippen LogP contribution is 2.22. The Bertz CT molecular complexity index is 341. The number of fused-ring (bicyclic) bond motifs is 1. The average Bonchev–Trinajstić information content (AvgIpc) is 2.14. The molecule has 0 saturated heterocycles. The zero-order valence-electron chi connectivity index (χ0n) is 8.37. The second kappa shape index (κ2) is 3.97. The molecule has 14 heavy (non-hydrogen) atoms. The number of hydrogen-bond donors (Lipinski definition) is 1. The minimum atomic E-state index is -0.198. The van der Waals surface area contributed by atoms with Crippen molar-refractivity contribution in [2.24, 2.45) is 0 Å². The van der Waals surface area contributed by atoms with Crippen LogP contribution in [0.1, 0.15) is 24.0 Å². The first-order valence-electron chi connectivity index (χ1n) is 5.17. The zero-order chi connectivity index (χ0) is 9.97. The normalized spacial score (nSPS) is 22.4. The Morgan fingerprint density at radius 3 is 2.71 bits per heavy atom. The van der Waals surface area contributed by atoms with Gasteiger partial charge in [-0.1, -0.05) is 36.4 Å². The molecule has 0 fully saturated rings. The predicted molar refractivity (Wildman–Crippen MR) is 58.2 cm³/mol. The van der Waals surface area contributed by atoms with Crippen LogP contribution in [-0.4, -0.2) is 11.2 Å². The highest BCUT2D eigenvalue weighted by atomic mass is 16.3. The van der Waals surface area contributed by atoms with E-state index in [9.17, 15) is 5.11 Å². The number of rotatable bonds is 0. The number of aryl methyl sites for hydroxylation is 1. The third kappa shape index (κ3) is 2.05. The maximum atomic E-state index is 9.65. The molecule has 1 atom stereocenters. The van der Waals surface area contributed by atoms with E-state index < -0.39 is 0 Å². The minimum Gasteiger partial charge on any atom is -0.393 e. The summed E-state index contributed by atoms with van der Waals surface area (Å²) in [5, 5.41) is 9.65. The van der Waals surface area contributed by atoms with Crippen molar-refractivity contribution in [2.45, 2.75) is 31.8 Å². The second-order valence-electron chi connectivity index (χ2n) is 4.09. The van der Waals surface area contributed by atoms with E-state index >= 15 is 0 Å². The van der Waals surface area contributed by atoms with Gasteiger partial charge in [-0.3, -0.25) is 0 Å². The SMILES string of the molecule is C=C1Cc2ccccc2CCC(O)C1. The Labute approximate surface area is 85.1 Å². The van der Waals surface area contributed by atoms with Crippen LogP contribution in [0.4, 0.5) is 0 Å². The van der Waals surface area contributed by atoms with E-state index in [2.05, 4.69) is 30.8 Å². The second-order valence-corrected chi connectivity index (χ2v) is 4.09. The summed E-state index contributed by atoms with van der Waals surface area (Å²) in [5.74, 6) is 0. The van der Waals surface area contributed by atoms with Crippen molar-refractivity contribution in [1.29, 1.82) is 0 Å². The zero-order valence-corrected chi connectivity index (χ0v) is 8.37. The molecule has 0 saturated carbocycles. The molecule has 1 unspecified atom stereocenters. The first-order chi connectivity index (χ1) is 6.75. The van der Waals surface area contributed by atoms with Gasteiger partial charge in [-0.25, -0.2) is 0 Å². The van der Waals surface area contributed by atoms with Gasteiger partial charge in [-0.2, -0.15) is 0 Å². The number of aliphatic hydroxyl groups excluding tert-OH is 1. The van der Waals surface area contributed by atoms with Crippen molar-refractivity contribution < 1.29 is 5.11 Å². The molecular formula is C13H16O. The Morgan fingerprint density at radius 1 is 1.21 bits per heavy atom. The van der Waals surface area contributed by atoms with E-state index in [4.69, 9.17) is 0 Å². The molecular weight excluding hydrogens is 172 g/mol. The molecule has 0 spiro atoms. The molecule has 1 aromatic carbocycles. The summed E-state index contributed by atoms with van der Waals surface area (Å²) in [5.41, 5.74) is 3.89. The summed E-state index contributed by atoms with van der Waals surface area (Å²) < 4.78 is 0. The van der Waals surface area contributed by atoms with Crippen LogP contribution < -0.4 is 0 Å². The van der Waals surface area contributed by atoms with E-state index in [0.29, 0.717) is 0 Å². The van der Waals surface area contributed by atoms with Gasteiger partial charge in [0.05, 0.1) is 6.10 Å². The van der Waals surface area contributed by atoms with E-state index in [0.717, 1.165) is 31.3 Å². The van der Waals surface area contributed by atoms with E-state index in [1.165, 1.54) is 11.1 Å². The average molecular weight is 188 g/mol. The maximum absolute atomic E-state index is 9.65. The van der Waals surface area contributed by atoms with Crippen LogP contribution in [0.15, 0.2) is 36.4 Å². The Hall–Kier alpha value is -1.08.